The number of nitrogens with zero attached hydrogens (tertiary/aromatic N) is 1. The number of carboxylic acids is 1. The first-order chi connectivity index (χ1) is 13.6. The molecule has 2 heterocycles. The Kier molecular flexibility index (Phi) is 4.77. The minimum absolute atomic E-state index is 0.0727. The van der Waals surface area contributed by atoms with E-state index in [1.165, 1.54) is 0 Å². The van der Waals surface area contributed by atoms with Crippen molar-refractivity contribution < 1.29 is 19.4 Å². The van der Waals surface area contributed by atoms with Crippen molar-refractivity contribution in [1.29, 1.82) is 0 Å². The van der Waals surface area contributed by atoms with Crippen LogP contribution in [0.4, 0.5) is 0 Å². The molecule has 0 radical (unpaired) electrons. The summed E-state index contributed by atoms with van der Waals surface area (Å²) in [5.41, 5.74) is 2.72. The number of carbonyl (C=O) groups excluding carboxylic acids is 1. The van der Waals surface area contributed by atoms with E-state index in [1.807, 2.05) is 54.7 Å². The fourth-order valence-corrected chi connectivity index (χ4v) is 4.10. The molecule has 1 aromatic heterocycles. The van der Waals surface area contributed by atoms with E-state index in [0.29, 0.717) is 12.3 Å². The van der Waals surface area contributed by atoms with E-state index in [9.17, 15) is 14.7 Å². The molecule has 2 atom stereocenters. The molecular weight excluding hydrogens is 356 g/mol. The number of rotatable bonds is 5. The van der Waals surface area contributed by atoms with Crippen LogP contribution in [0.3, 0.4) is 0 Å². The van der Waals surface area contributed by atoms with E-state index < -0.39 is 11.9 Å². The molecule has 3 aromatic rings. The van der Waals surface area contributed by atoms with Crippen molar-refractivity contribution in [2.24, 2.45) is 5.92 Å². The van der Waals surface area contributed by atoms with Crippen LogP contribution in [-0.4, -0.2) is 47.1 Å². The zero-order valence-electron chi connectivity index (χ0n) is 15.6. The predicted octanol–water partition coefficient (Wildman–Crippen LogP) is 3.05. The van der Waals surface area contributed by atoms with Crippen LogP contribution in [0.15, 0.2) is 54.7 Å². The van der Waals surface area contributed by atoms with Crippen molar-refractivity contribution >= 4 is 22.8 Å². The van der Waals surface area contributed by atoms with E-state index in [0.717, 1.165) is 22.0 Å². The van der Waals surface area contributed by atoms with Gasteiger partial charge in [0.05, 0.1) is 19.4 Å². The predicted molar refractivity (Wildman–Crippen MR) is 105 cm³/mol. The molecule has 6 nitrogen and oxygen atoms in total. The Bertz CT molecular complexity index is 1010. The van der Waals surface area contributed by atoms with Crippen molar-refractivity contribution in [3.8, 4) is 5.75 Å². The maximum Gasteiger partial charge on any atom is 0.308 e. The third-order valence-electron chi connectivity index (χ3n) is 5.53. The highest BCUT2D eigenvalue weighted by molar-refractivity contribution is 5.93. The number of aromatic nitrogens is 1. The first kappa shape index (κ1) is 18.1. The number of aromatic amines is 1. The number of methoxy groups -OCH3 is 1. The van der Waals surface area contributed by atoms with Crippen LogP contribution < -0.4 is 4.74 Å². The first-order valence-corrected chi connectivity index (χ1v) is 9.27. The van der Waals surface area contributed by atoms with Gasteiger partial charge in [0, 0.05) is 36.1 Å². The van der Waals surface area contributed by atoms with Gasteiger partial charge in [0.2, 0.25) is 5.91 Å². The summed E-state index contributed by atoms with van der Waals surface area (Å²) in [7, 11) is 1.61. The van der Waals surface area contributed by atoms with Gasteiger partial charge in [-0.05, 0) is 23.3 Å². The number of fused-ring (bicyclic) bond motifs is 1. The van der Waals surface area contributed by atoms with Crippen molar-refractivity contribution in [1.82, 2.24) is 9.88 Å². The summed E-state index contributed by atoms with van der Waals surface area (Å²) in [6.07, 6.45) is 2.03. The summed E-state index contributed by atoms with van der Waals surface area (Å²) in [5, 5.41) is 10.5. The number of carboxylic acid groups (broad SMARTS) is 1. The van der Waals surface area contributed by atoms with E-state index in [2.05, 4.69) is 4.98 Å². The molecule has 1 fully saturated rings. The lowest BCUT2D eigenvalue weighted by Gasteiger charge is -2.16. The molecule has 2 unspecified atom stereocenters. The fourth-order valence-electron chi connectivity index (χ4n) is 4.10. The quantitative estimate of drug-likeness (QED) is 0.715. The largest absolute Gasteiger partial charge is 0.496 e. The van der Waals surface area contributed by atoms with Gasteiger partial charge in [-0.3, -0.25) is 9.59 Å². The summed E-state index contributed by atoms with van der Waals surface area (Å²) in [6.45, 7) is 0.645. The minimum atomic E-state index is -0.863. The number of nitrogens with one attached hydrogen (secondary N) is 1. The van der Waals surface area contributed by atoms with Gasteiger partial charge in [-0.25, -0.2) is 0 Å². The van der Waals surface area contributed by atoms with Gasteiger partial charge >= 0.3 is 5.97 Å². The lowest BCUT2D eigenvalue weighted by Crippen LogP contribution is -2.31. The molecular formula is C22H22N2O4. The average molecular weight is 378 g/mol. The van der Waals surface area contributed by atoms with Crippen LogP contribution in [0.5, 0.6) is 5.75 Å². The van der Waals surface area contributed by atoms with E-state index >= 15 is 0 Å². The highest BCUT2D eigenvalue weighted by Crippen LogP contribution is 2.34. The van der Waals surface area contributed by atoms with Crippen LogP contribution >= 0.6 is 0 Å². The molecule has 0 spiro atoms. The van der Waals surface area contributed by atoms with Gasteiger partial charge in [0.15, 0.2) is 0 Å². The first-order valence-electron chi connectivity index (χ1n) is 9.27. The van der Waals surface area contributed by atoms with Crippen LogP contribution in [0.25, 0.3) is 10.9 Å². The van der Waals surface area contributed by atoms with Gasteiger partial charge in [-0.15, -0.1) is 0 Å². The summed E-state index contributed by atoms with van der Waals surface area (Å²) >= 11 is 0. The second-order valence-corrected chi connectivity index (χ2v) is 7.13. The fraction of sp³-hybridized carbons (Fsp3) is 0.273. The van der Waals surface area contributed by atoms with E-state index in [1.54, 1.807) is 12.0 Å². The van der Waals surface area contributed by atoms with E-state index in [4.69, 9.17) is 4.74 Å². The Labute approximate surface area is 162 Å². The molecule has 6 heteroatoms. The Morgan fingerprint density at radius 1 is 1.14 bits per heavy atom. The molecule has 1 aliphatic rings. The number of ether oxygens (including phenoxy) is 1. The summed E-state index contributed by atoms with van der Waals surface area (Å²) in [4.78, 5) is 29.6. The molecule has 1 aliphatic heterocycles. The molecule has 0 aliphatic carbocycles. The monoisotopic (exact) mass is 378 g/mol. The summed E-state index contributed by atoms with van der Waals surface area (Å²) in [5.74, 6) is -1.01. The summed E-state index contributed by atoms with van der Waals surface area (Å²) in [6, 6.07) is 15.3. The third-order valence-corrected chi connectivity index (χ3v) is 5.53. The molecule has 2 aromatic carbocycles. The standard InChI is InChI=1S/C22H22N2O4/c1-28-19-9-5-8-18-21(19)15(11-23-18)10-20(25)24-12-16(17(13-24)22(26)27)14-6-3-2-4-7-14/h2-9,11,16-17,23H,10,12-13H2,1H3,(H,26,27). The highest BCUT2D eigenvalue weighted by Gasteiger charge is 2.40. The van der Waals surface area contributed by atoms with Gasteiger partial charge in [0.25, 0.3) is 0 Å². The Morgan fingerprint density at radius 3 is 2.64 bits per heavy atom. The minimum Gasteiger partial charge on any atom is -0.496 e. The normalized spacial score (nSPS) is 19.1. The van der Waals surface area contributed by atoms with Crippen LogP contribution in [0.2, 0.25) is 0 Å². The maximum absolute atomic E-state index is 13.0. The lowest BCUT2D eigenvalue weighted by molar-refractivity contribution is -0.141. The number of likely N-dealkylation sites (tertiary alicyclic amines) is 1. The second-order valence-electron chi connectivity index (χ2n) is 7.13. The smallest absolute Gasteiger partial charge is 0.308 e. The number of hydrogen-bond acceptors (Lipinski definition) is 3. The van der Waals surface area contributed by atoms with Gasteiger partial charge < -0.3 is 19.7 Å². The van der Waals surface area contributed by atoms with Crippen LogP contribution in [-0.2, 0) is 16.0 Å². The third kappa shape index (κ3) is 3.22. The Balaban J connectivity index is 1.57. The van der Waals surface area contributed by atoms with Crippen molar-refractivity contribution in [2.75, 3.05) is 20.2 Å². The summed E-state index contributed by atoms with van der Waals surface area (Å²) < 4.78 is 5.43. The molecule has 2 N–H and O–H groups in total. The molecule has 144 valence electrons. The Hall–Kier alpha value is -3.28. The zero-order chi connectivity index (χ0) is 19.7. The number of benzene rings is 2. The molecule has 4 rings (SSSR count). The number of aliphatic carboxylic acids is 1. The SMILES string of the molecule is COc1cccc2[nH]cc(CC(=O)N3CC(C(=O)O)C(c4ccccc4)C3)c12. The van der Waals surface area contributed by atoms with E-state index in [-0.39, 0.29) is 24.8 Å². The van der Waals surface area contributed by atoms with Crippen LogP contribution in [0.1, 0.15) is 17.0 Å². The maximum atomic E-state index is 13.0. The van der Waals surface area contributed by atoms with Gasteiger partial charge in [0.1, 0.15) is 5.75 Å². The van der Waals surface area contributed by atoms with Crippen molar-refractivity contribution in [2.45, 2.75) is 12.3 Å². The second kappa shape index (κ2) is 7.38. The molecule has 1 saturated heterocycles. The number of amides is 1. The zero-order valence-corrected chi connectivity index (χ0v) is 15.6. The van der Waals surface area contributed by atoms with Gasteiger partial charge in [-0.2, -0.15) is 0 Å². The number of hydrogen-bond donors (Lipinski definition) is 2. The average Bonchev–Trinajstić information content (AvgIpc) is 3.33. The highest BCUT2D eigenvalue weighted by atomic mass is 16.5. The number of carbonyl (C=O) groups is 2. The van der Waals surface area contributed by atoms with Crippen LogP contribution in [0, 0.1) is 5.92 Å². The van der Waals surface area contributed by atoms with Crippen molar-refractivity contribution in [3.63, 3.8) is 0 Å². The Morgan fingerprint density at radius 2 is 1.93 bits per heavy atom. The molecule has 28 heavy (non-hydrogen) atoms. The molecule has 0 saturated carbocycles. The molecule has 0 bridgehead atoms. The topological polar surface area (TPSA) is 82.6 Å². The number of H-pyrrole nitrogens is 1. The molecule has 1 amide bonds. The lowest BCUT2D eigenvalue weighted by atomic mass is 9.89. The van der Waals surface area contributed by atoms with Crippen molar-refractivity contribution in [3.05, 3.63) is 65.9 Å². The van der Waals surface area contributed by atoms with Gasteiger partial charge in [-0.1, -0.05) is 36.4 Å².